The highest BCUT2D eigenvalue weighted by Crippen LogP contribution is 2.25. The second-order valence-electron chi connectivity index (χ2n) is 4.22. The summed E-state index contributed by atoms with van der Waals surface area (Å²) in [6.45, 7) is 0. The van der Waals surface area contributed by atoms with Gasteiger partial charge in [0.2, 0.25) is 5.88 Å². The van der Waals surface area contributed by atoms with E-state index in [-0.39, 0.29) is 17.8 Å². The van der Waals surface area contributed by atoms with E-state index in [4.69, 9.17) is 9.47 Å². The van der Waals surface area contributed by atoms with Crippen LogP contribution in [0.5, 0.6) is 11.9 Å². The Hall–Kier alpha value is -2.74. The fourth-order valence-corrected chi connectivity index (χ4v) is 2.70. The van der Waals surface area contributed by atoms with Gasteiger partial charge in [-0.2, -0.15) is 4.98 Å². The van der Waals surface area contributed by atoms with Crippen molar-refractivity contribution in [1.29, 1.82) is 0 Å². The van der Waals surface area contributed by atoms with Gasteiger partial charge in [0, 0.05) is 0 Å². The third-order valence-corrected chi connectivity index (χ3v) is 3.88. The van der Waals surface area contributed by atoms with E-state index in [0.29, 0.717) is 10.7 Å². The Balaban J connectivity index is 1.87. The Bertz CT molecular complexity index is 801. The van der Waals surface area contributed by atoms with E-state index in [2.05, 4.69) is 20.3 Å². The number of hydrogen-bond donors (Lipinski definition) is 1. The molecule has 0 aliphatic rings. The number of thiazole rings is 1. The number of fused-ring (bicyclic) bond motifs is 1. The minimum atomic E-state index is -0.340. The molecule has 1 N–H and O–H groups in total. The number of benzene rings is 1. The molecule has 0 spiro atoms. The third kappa shape index (κ3) is 2.68. The molecule has 1 aromatic carbocycles. The molecule has 0 radical (unpaired) electrons. The molecule has 3 rings (SSSR count). The van der Waals surface area contributed by atoms with Crippen molar-refractivity contribution in [2.45, 2.75) is 0 Å². The number of hydrogen-bond acceptors (Lipinski definition) is 7. The largest absolute Gasteiger partial charge is 0.479 e. The van der Waals surface area contributed by atoms with Crippen molar-refractivity contribution < 1.29 is 14.3 Å². The van der Waals surface area contributed by atoms with E-state index in [0.717, 1.165) is 10.2 Å². The summed E-state index contributed by atoms with van der Waals surface area (Å²) in [5.41, 5.74) is 1.14. The Morgan fingerprint density at radius 1 is 1.18 bits per heavy atom. The van der Waals surface area contributed by atoms with Crippen LogP contribution in [0.1, 0.15) is 9.80 Å². The average Bonchev–Trinajstić information content (AvgIpc) is 2.99. The maximum atomic E-state index is 12.3. The van der Waals surface area contributed by atoms with Crippen molar-refractivity contribution in [2.75, 3.05) is 19.5 Å². The molecule has 0 unspecified atom stereocenters. The van der Waals surface area contributed by atoms with Gasteiger partial charge in [-0.15, -0.1) is 11.3 Å². The normalized spacial score (nSPS) is 10.5. The molecule has 0 aliphatic heterocycles. The van der Waals surface area contributed by atoms with Gasteiger partial charge in [-0.25, -0.2) is 9.97 Å². The number of ether oxygens (including phenoxy) is 2. The lowest BCUT2D eigenvalue weighted by atomic mass is 10.3. The summed E-state index contributed by atoms with van der Waals surface area (Å²) in [5, 5.41) is 3.05. The number of carbonyl (C=O) groups excluding carboxylic acids is 1. The molecular formula is C14H12N4O3S. The van der Waals surface area contributed by atoms with Crippen LogP contribution in [0.15, 0.2) is 30.5 Å². The van der Waals surface area contributed by atoms with Gasteiger partial charge in [0.25, 0.3) is 5.91 Å². The average molecular weight is 316 g/mol. The first kappa shape index (κ1) is 14.2. The fourth-order valence-electron chi connectivity index (χ4n) is 1.84. The first-order valence-electron chi connectivity index (χ1n) is 6.33. The third-order valence-electron chi connectivity index (χ3n) is 2.84. The maximum absolute atomic E-state index is 12.3. The molecule has 2 aromatic heterocycles. The zero-order valence-corrected chi connectivity index (χ0v) is 12.7. The summed E-state index contributed by atoms with van der Waals surface area (Å²) in [6.07, 6.45) is 1.43. The lowest BCUT2D eigenvalue weighted by Gasteiger charge is -2.08. The number of nitrogens with zero attached hydrogens (tertiary/aromatic N) is 3. The van der Waals surface area contributed by atoms with Gasteiger partial charge in [-0.1, -0.05) is 12.1 Å². The van der Waals surface area contributed by atoms with Crippen LogP contribution in [-0.4, -0.2) is 35.1 Å². The van der Waals surface area contributed by atoms with Crippen LogP contribution >= 0.6 is 11.3 Å². The minimum Gasteiger partial charge on any atom is -0.479 e. The molecule has 0 aliphatic carbocycles. The summed E-state index contributed by atoms with van der Waals surface area (Å²) in [5.74, 6) is -0.116. The van der Waals surface area contributed by atoms with Gasteiger partial charge in [0.15, 0.2) is 5.01 Å². The van der Waals surface area contributed by atoms with Gasteiger partial charge in [-0.05, 0) is 12.1 Å². The van der Waals surface area contributed by atoms with Crippen molar-refractivity contribution in [1.82, 2.24) is 15.0 Å². The van der Waals surface area contributed by atoms with Crippen LogP contribution < -0.4 is 14.8 Å². The van der Waals surface area contributed by atoms with E-state index in [1.165, 1.54) is 31.8 Å². The van der Waals surface area contributed by atoms with Gasteiger partial charge in [-0.3, -0.25) is 4.79 Å². The molecule has 2 heterocycles. The van der Waals surface area contributed by atoms with E-state index >= 15 is 0 Å². The first-order valence-corrected chi connectivity index (χ1v) is 7.15. The Morgan fingerprint density at radius 3 is 2.73 bits per heavy atom. The Morgan fingerprint density at radius 2 is 2.00 bits per heavy atom. The number of anilines is 1. The van der Waals surface area contributed by atoms with Crippen molar-refractivity contribution in [2.24, 2.45) is 0 Å². The predicted molar refractivity (Wildman–Crippen MR) is 82.7 cm³/mol. The monoisotopic (exact) mass is 316 g/mol. The quantitative estimate of drug-likeness (QED) is 0.795. The zero-order chi connectivity index (χ0) is 15.5. The van der Waals surface area contributed by atoms with E-state index in [1.807, 2.05) is 24.3 Å². The number of amides is 1. The number of nitrogens with one attached hydrogen (secondary N) is 1. The molecule has 0 atom stereocenters. The van der Waals surface area contributed by atoms with Gasteiger partial charge < -0.3 is 14.8 Å². The van der Waals surface area contributed by atoms with E-state index in [9.17, 15) is 4.79 Å². The smallest absolute Gasteiger partial charge is 0.319 e. The van der Waals surface area contributed by atoms with Gasteiger partial charge in [0.1, 0.15) is 5.69 Å². The van der Waals surface area contributed by atoms with Crippen molar-refractivity contribution in [3.8, 4) is 11.9 Å². The molecule has 0 saturated carbocycles. The highest BCUT2D eigenvalue weighted by Gasteiger charge is 2.16. The van der Waals surface area contributed by atoms with Crippen LogP contribution in [-0.2, 0) is 0 Å². The molecule has 3 aromatic rings. The Kier molecular flexibility index (Phi) is 3.84. The summed E-state index contributed by atoms with van der Waals surface area (Å²) >= 11 is 1.32. The molecule has 1 amide bonds. The summed E-state index contributed by atoms with van der Waals surface area (Å²) in [7, 11) is 2.91. The van der Waals surface area contributed by atoms with Gasteiger partial charge in [0.05, 0.1) is 30.6 Å². The van der Waals surface area contributed by atoms with Crippen molar-refractivity contribution in [3.63, 3.8) is 0 Å². The zero-order valence-electron chi connectivity index (χ0n) is 11.9. The van der Waals surface area contributed by atoms with Crippen LogP contribution in [0.4, 0.5) is 5.69 Å². The highest BCUT2D eigenvalue weighted by molar-refractivity contribution is 7.20. The first-order chi connectivity index (χ1) is 10.7. The SMILES string of the molecule is COc1ncc(NC(=O)c2nc3ccccc3s2)c(OC)n1. The topological polar surface area (TPSA) is 86.2 Å². The standard InChI is InChI=1S/C14H12N4O3S/c1-20-12-9(7-15-14(18-12)21-2)16-11(19)13-17-8-5-3-4-6-10(8)22-13/h3-7H,1-2H3,(H,16,19). The van der Waals surface area contributed by atoms with Crippen LogP contribution in [0.25, 0.3) is 10.2 Å². The molecule has 22 heavy (non-hydrogen) atoms. The Labute approximate surface area is 130 Å². The van der Waals surface area contributed by atoms with Crippen LogP contribution in [0, 0.1) is 0 Å². The van der Waals surface area contributed by atoms with E-state index in [1.54, 1.807) is 0 Å². The van der Waals surface area contributed by atoms with E-state index < -0.39 is 0 Å². The number of aromatic nitrogens is 3. The number of rotatable bonds is 4. The number of carbonyl (C=O) groups is 1. The molecule has 112 valence electrons. The van der Waals surface area contributed by atoms with Gasteiger partial charge >= 0.3 is 6.01 Å². The number of para-hydroxylation sites is 1. The predicted octanol–water partition coefficient (Wildman–Crippen LogP) is 2.36. The fraction of sp³-hybridized carbons (Fsp3) is 0.143. The molecule has 8 heteroatoms. The summed E-state index contributed by atoms with van der Waals surface area (Å²) in [6, 6.07) is 7.72. The minimum absolute atomic E-state index is 0.162. The molecule has 0 fully saturated rings. The maximum Gasteiger partial charge on any atom is 0.319 e. The highest BCUT2D eigenvalue weighted by atomic mass is 32.1. The summed E-state index contributed by atoms with van der Waals surface area (Å²) in [4.78, 5) is 24.6. The lowest BCUT2D eigenvalue weighted by Crippen LogP contribution is -2.13. The number of methoxy groups -OCH3 is 2. The second-order valence-corrected chi connectivity index (χ2v) is 5.25. The van der Waals surface area contributed by atoms with Crippen molar-refractivity contribution in [3.05, 3.63) is 35.5 Å². The summed E-state index contributed by atoms with van der Waals surface area (Å²) < 4.78 is 11.0. The lowest BCUT2D eigenvalue weighted by molar-refractivity contribution is 0.102. The molecular weight excluding hydrogens is 304 g/mol. The van der Waals surface area contributed by atoms with Crippen LogP contribution in [0.2, 0.25) is 0 Å². The van der Waals surface area contributed by atoms with Crippen molar-refractivity contribution >= 4 is 33.1 Å². The molecule has 7 nitrogen and oxygen atoms in total. The molecule has 0 bridgehead atoms. The second kappa shape index (κ2) is 5.94. The van der Waals surface area contributed by atoms with Crippen LogP contribution in [0.3, 0.4) is 0 Å². The molecule has 0 saturated heterocycles.